The quantitative estimate of drug-likeness (QED) is 0.563. The van der Waals surface area contributed by atoms with Crippen LogP contribution >= 0.6 is 11.3 Å². The van der Waals surface area contributed by atoms with Crippen molar-refractivity contribution in [3.63, 3.8) is 0 Å². The average molecular weight is 379 g/mol. The van der Waals surface area contributed by atoms with Gasteiger partial charge in [-0.15, -0.1) is 11.3 Å². The molecule has 1 saturated heterocycles. The van der Waals surface area contributed by atoms with Gasteiger partial charge in [0, 0.05) is 29.4 Å². The highest BCUT2D eigenvalue weighted by Crippen LogP contribution is 2.32. The fraction of sp³-hybridized carbons (Fsp3) is 0.350. The molecule has 0 aliphatic carbocycles. The Hall–Kier alpha value is -2.51. The molecule has 3 aromatic heterocycles. The number of rotatable bonds is 3. The highest BCUT2D eigenvalue weighted by atomic mass is 32.1. The lowest BCUT2D eigenvalue weighted by Gasteiger charge is -2.29. The molecule has 4 aromatic rings. The molecule has 27 heavy (non-hydrogen) atoms. The Morgan fingerprint density at radius 3 is 2.93 bits per heavy atom. The fourth-order valence-electron chi connectivity index (χ4n) is 3.76. The second kappa shape index (κ2) is 6.58. The lowest BCUT2D eigenvalue weighted by Crippen LogP contribution is -2.37. The summed E-state index contributed by atoms with van der Waals surface area (Å²) in [5, 5.41) is 5.63. The van der Waals surface area contributed by atoms with Crippen molar-refractivity contribution in [3.8, 4) is 11.1 Å². The first kappa shape index (κ1) is 16.6. The normalized spacial score (nSPS) is 16.4. The zero-order chi connectivity index (χ0) is 18.4. The monoisotopic (exact) mass is 378 g/mol. The number of thiazole rings is 1. The van der Waals surface area contributed by atoms with Crippen LogP contribution in [0.2, 0.25) is 0 Å². The van der Waals surface area contributed by atoms with E-state index in [1.54, 1.807) is 11.3 Å². The Morgan fingerprint density at radius 2 is 2.07 bits per heavy atom. The number of nitrogens with one attached hydrogen (secondary N) is 2. The van der Waals surface area contributed by atoms with E-state index in [1.807, 2.05) is 19.3 Å². The summed E-state index contributed by atoms with van der Waals surface area (Å²) in [5.74, 6) is 0.707. The third-order valence-corrected chi connectivity index (χ3v) is 6.22. The van der Waals surface area contributed by atoms with Crippen LogP contribution in [0.3, 0.4) is 0 Å². The van der Waals surface area contributed by atoms with E-state index in [2.05, 4.69) is 50.4 Å². The number of aromatic nitrogens is 4. The van der Waals surface area contributed by atoms with Gasteiger partial charge in [0.1, 0.15) is 5.65 Å². The number of fused-ring (bicyclic) bond motifs is 2. The Balaban J connectivity index is 1.44. The third kappa shape index (κ3) is 3.17. The predicted octanol–water partition coefficient (Wildman–Crippen LogP) is 4.05. The lowest BCUT2D eigenvalue weighted by atomic mass is 10.1. The minimum absolute atomic E-state index is 0.449. The van der Waals surface area contributed by atoms with Gasteiger partial charge in [-0.05, 0) is 57.6 Å². The Bertz CT molecular complexity index is 1110. The molecule has 0 spiro atoms. The van der Waals surface area contributed by atoms with Crippen molar-refractivity contribution in [1.29, 1.82) is 0 Å². The maximum Gasteiger partial charge on any atom is 0.224 e. The SMILES string of the molecule is Cc1nc2ccc(-c3c[nH]c4nc(NC5CCN(C)CC5)ncc34)cc2s1. The predicted molar refractivity (Wildman–Crippen MR) is 111 cm³/mol. The maximum absolute atomic E-state index is 4.70. The Morgan fingerprint density at radius 1 is 1.22 bits per heavy atom. The van der Waals surface area contributed by atoms with E-state index >= 15 is 0 Å². The lowest BCUT2D eigenvalue weighted by molar-refractivity contribution is 0.263. The maximum atomic E-state index is 4.70. The van der Waals surface area contributed by atoms with E-state index in [9.17, 15) is 0 Å². The zero-order valence-electron chi connectivity index (χ0n) is 15.5. The van der Waals surface area contributed by atoms with Crippen molar-refractivity contribution in [3.05, 3.63) is 35.6 Å². The molecule has 0 amide bonds. The molecule has 1 aliphatic heterocycles. The number of nitrogens with zero attached hydrogens (tertiary/aromatic N) is 4. The summed E-state index contributed by atoms with van der Waals surface area (Å²) < 4.78 is 1.21. The number of likely N-dealkylation sites (tertiary alicyclic amines) is 1. The minimum Gasteiger partial charge on any atom is -0.351 e. The molecule has 1 aromatic carbocycles. The number of anilines is 1. The van der Waals surface area contributed by atoms with Crippen molar-refractivity contribution >= 4 is 38.5 Å². The highest BCUT2D eigenvalue weighted by molar-refractivity contribution is 7.18. The summed E-state index contributed by atoms with van der Waals surface area (Å²) in [6.45, 7) is 4.28. The van der Waals surface area contributed by atoms with Gasteiger partial charge < -0.3 is 15.2 Å². The molecule has 0 atom stereocenters. The molecule has 0 radical (unpaired) electrons. The number of H-pyrrole nitrogens is 1. The molecule has 7 heteroatoms. The molecule has 138 valence electrons. The molecule has 0 bridgehead atoms. The molecule has 4 heterocycles. The molecule has 5 rings (SSSR count). The molecule has 0 unspecified atom stereocenters. The fourth-order valence-corrected chi connectivity index (χ4v) is 4.62. The summed E-state index contributed by atoms with van der Waals surface area (Å²) in [7, 11) is 2.17. The minimum atomic E-state index is 0.449. The second-order valence-electron chi connectivity index (χ2n) is 7.30. The van der Waals surface area contributed by atoms with Crippen molar-refractivity contribution in [2.45, 2.75) is 25.8 Å². The van der Waals surface area contributed by atoms with Crippen molar-refractivity contribution in [1.82, 2.24) is 24.8 Å². The van der Waals surface area contributed by atoms with Gasteiger partial charge >= 0.3 is 0 Å². The number of hydrogen-bond donors (Lipinski definition) is 2. The second-order valence-corrected chi connectivity index (χ2v) is 8.53. The van der Waals surface area contributed by atoms with Crippen molar-refractivity contribution in [2.24, 2.45) is 0 Å². The standard InChI is InChI=1S/C20H22N6S/c1-12-23-17-4-3-13(9-18(17)27-12)15-10-21-19-16(15)11-22-20(25-19)24-14-5-7-26(2)8-6-14/h3-4,9-11,14H,5-8H2,1-2H3,(H2,21,22,24,25). The summed E-state index contributed by atoms with van der Waals surface area (Å²) in [6, 6.07) is 6.86. The van der Waals surface area contributed by atoms with Crippen LogP contribution in [0.1, 0.15) is 17.8 Å². The van der Waals surface area contributed by atoms with Crippen LogP contribution in [0, 0.1) is 6.92 Å². The van der Waals surface area contributed by atoms with Crippen molar-refractivity contribution < 1.29 is 0 Å². The van der Waals surface area contributed by atoms with E-state index in [0.29, 0.717) is 12.0 Å². The summed E-state index contributed by atoms with van der Waals surface area (Å²) in [4.78, 5) is 19.5. The number of benzene rings is 1. The summed E-state index contributed by atoms with van der Waals surface area (Å²) in [5.41, 5.74) is 4.22. The first-order valence-corrected chi connectivity index (χ1v) is 10.1. The highest BCUT2D eigenvalue weighted by Gasteiger charge is 2.18. The number of aryl methyl sites for hydroxylation is 1. The summed E-state index contributed by atoms with van der Waals surface area (Å²) >= 11 is 1.72. The van der Waals surface area contributed by atoms with E-state index in [0.717, 1.165) is 58.6 Å². The van der Waals surface area contributed by atoms with Crippen LogP contribution in [0.25, 0.3) is 32.4 Å². The van der Waals surface area contributed by atoms with Gasteiger partial charge in [-0.1, -0.05) is 6.07 Å². The van der Waals surface area contributed by atoms with Gasteiger partial charge in [0.2, 0.25) is 5.95 Å². The van der Waals surface area contributed by atoms with E-state index in [1.165, 1.54) is 4.70 Å². The number of hydrogen-bond acceptors (Lipinski definition) is 6. The molecule has 2 N–H and O–H groups in total. The smallest absolute Gasteiger partial charge is 0.224 e. The molecular formula is C20H22N6S. The summed E-state index contributed by atoms with van der Waals surface area (Å²) in [6.07, 6.45) is 6.20. The van der Waals surface area contributed by atoms with Crippen LogP contribution < -0.4 is 5.32 Å². The molecule has 6 nitrogen and oxygen atoms in total. The van der Waals surface area contributed by atoms with Gasteiger partial charge in [0.15, 0.2) is 0 Å². The van der Waals surface area contributed by atoms with Gasteiger partial charge in [0.05, 0.1) is 15.2 Å². The third-order valence-electron chi connectivity index (χ3n) is 5.29. The largest absolute Gasteiger partial charge is 0.351 e. The Labute approximate surface area is 161 Å². The van der Waals surface area contributed by atoms with Crippen LogP contribution in [-0.2, 0) is 0 Å². The van der Waals surface area contributed by atoms with Gasteiger partial charge in [0.25, 0.3) is 0 Å². The number of piperidine rings is 1. The van der Waals surface area contributed by atoms with Gasteiger partial charge in [-0.2, -0.15) is 4.98 Å². The van der Waals surface area contributed by atoms with Crippen molar-refractivity contribution in [2.75, 3.05) is 25.5 Å². The first-order chi connectivity index (χ1) is 13.2. The molecule has 0 saturated carbocycles. The molecule has 1 aliphatic rings. The van der Waals surface area contributed by atoms with E-state index in [4.69, 9.17) is 4.98 Å². The average Bonchev–Trinajstić information content (AvgIpc) is 3.25. The molecular weight excluding hydrogens is 356 g/mol. The number of aromatic amines is 1. The zero-order valence-corrected chi connectivity index (χ0v) is 16.3. The van der Waals surface area contributed by atoms with Crippen LogP contribution in [0.15, 0.2) is 30.6 Å². The molecule has 1 fully saturated rings. The van der Waals surface area contributed by atoms with Gasteiger partial charge in [-0.25, -0.2) is 9.97 Å². The first-order valence-electron chi connectivity index (χ1n) is 9.32. The Kier molecular flexibility index (Phi) is 4.06. The van der Waals surface area contributed by atoms with E-state index < -0.39 is 0 Å². The van der Waals surface area contributed by atoms with Crippen LogP contribution in [0.5, 0.6) is 0 Å². The van der Waals surface area contributed by atoms with E-state index in [-0.39, 0.29) is 0 Å². The van der Waals surface area contributed by atoms with Gasteiger partial charge in [-0.3, -0.25) is 0 Å². The van der Waals surface area contributed by atoms with Crippen LogP contribution in [0.4, 0.5) is 5.95 Å². The van der Waals surface area contributed by atoms with Crippen LogP contribution in [-0.4, -0.2) is 51.0 Å². The topological polar surface area (TPSA) is 69.7 Å².